The van der Waals surface area contributed by atoms with Crippen LogP contribution in [0.2, 0.25) is 0 Å². The maximum atomic E-state index is 12.9. The smallest absolute Gasteiger partial charge is 0.101 e. The minimum atomic E-state index is 0.0156. The molecule has 1 fully saturated rings. The average molecular weight is 213 g/mol. The lowest BCUT2D eigenvalue weighted by molar-refractivity contribution is -0.942. The van der Waals surface area contributed by atoms with Crippen LogP contribution in [0.3, 0.4) is 0 Å². The second-order valence-electron chi connectivity index (χ2n) is 4.99. The Morgan fingerprint density at radius 3 is 2.20 bits per heavy atom. The molecule has 0 aliphatic carbocycles. The van der Waals surface area contributed by atoms with E-state index < -0.39 is 0 Å². The molecular formula is C13H27NO. The molecule has 1 aliphatic heterocycles. The van der Waals surface area contributed by atoms with Crippen molar-refractivity contribution in [3.8, 4) is 0 Å². The lowest BCUT2D eigenvalue weighted by Gasteiger charge is -2.62. The number of quaternary nitrogens is 1. The van der Waals surface area contributed by atoms with Crippen LogP contribution in [-0.4, -0.2) is 23.3 Å². The van der Waals surface area contributed by atoms with E-state index in [1.54, 1.807) is 0 Å². The summed E-state index contributed by atoms with van der Waals surface area (Å²) >= 11 is 0. The summed E-state index contributed by atoms with van der Waals surface area (Å²) < 4.78 is 0.0680. The normalized spacial score (nSPS) is 35.4. The number of hydroxylamine groups is 3. The molecule has 0 aromatic rings. The van der Waals surface area contributed by atoms with E-state index in [9.17, 15) is 5.21 Å². The van der Waals surface area contributed by atoms with Crippen molar-refractivity contribution in [2.75, 3.05) is 13.1 Å². The minimum Gasteiger partial charge on any atom is -0.632 e. The van der Waals surface area contributed by atoms with Crippen LogP contribution in [0.4, 0.5) is 0 Å². The number of nitrogens with zero attached hydrogens (tertiary/aromatic N) is 1. The summed E-state index contributed by atoms with van der Waals surface area (Å²) in [6, 6.07) is 0. The van der Waals surface area contributed by atoms with Gasteiger partial charge in [0.05, 0.1) is 13.1 Å². The second kappa shape index (κ2) is 4.84. The van der Waals surface area contributed by atoms with E-state index in [-0.39, 0.29) is 10.2 Å². The SMILES string of the molecule is CCC1CCC[N+]([O-])(CC)C1(CC)CC. The summed E-state index contributed by atoms with van der Waals surface area (Å²) in [6.07, 6.45) is 5.64. The predicted octanol–water partition coefficient (Wildman–Crippen LogP) is 3.70. The van der Waals surface area contributed by atoms with Gasteiger partial charge in [-0.2, -0.15) is 0 Å². The molecule has 1 heterocycles. The first-order valence-corrected chi connectivity index (χ1v) is 6.68. The molecule has 90 valence electrons. The highest BCUT2D eigenvalue weighted by molar-refractivity contribution is 4.90. The zero-order valence-corrected chi connectivity index (χ0v) is 10.9. The molecule has 0 radical (unpaired) electrons. The molecule has 15 heavy (non-hydrogen) atoms. The van der Waals surface area contributed by atoms with Crippen LogP contribution in [0, 0.1) is 11.1 Å². The van der Waals surface area contributed by atoms with E-state index in [0.717, 1.165) is 32.4 Å². The first-order valence-electron chi connectivity index (χ1n) is 6.68. The Labute approximate surface area is 94.8 Å². The molecule has 0 aromatic heterocycles. The summed E-state index contributed by atoms with van der Waals surface area (Å²) in [7, 11) is 0. The maximum absolute atomic E-state index is 12.9. The zero-order chi connectivity index (χ0) is 11.5. The lowest BCUT2D eigenvalue weighted by Crippen LogP contribution is -2.66. The van der Waals surface area contributed by atoms with Crippen molar-refractivity contribution < 1.29 is 4.65 Å². The quantitative estimate of drug-likeness (QED) is 0.516. The van der Waals surface area contributed by atoms with E-state index in [4.69, 9.17) is 0 Å². The van der Waals surface area contributed by atoms with Crippen LogP contribution in [0.15, 0.2) is 0 Å². The molecule has 2 atom stereocenters. The number of hydrogen-bond donors (Lipinski definition) is 0. The topological polar surface area (TPSA) is 23.1 Å². The molecule has 2 unspecified atom stereocenters. The van der Waals surface area contributed by atoms with Crippen molar-refractivity contribution in [3.05, 3.63) is 5.21 Å². The molecule has 0 N–H and O–H groups in total. The number of hydrogen-bond acceptors (Lipinski definition) is 1. The Hall–Kier alpha value is -0.0800. The van der Waals surface area contributed by atoms with Crippen LogP contribution in [0.1, 0.15) is 59.8 Å². The fourth-order valence-corrected chi connectivity index (χ4v) is 3.88. The molecule has 1 aliphatic rings. The first kappa shape index (κ1) is 13.0. The molecule has 1 rings (SSSR count). The highest BCUT2D eigenvalue weighted by Crippen LogP contribution is 2.45. The zero-order valence-electron chi connectivity index (χ0n) is 10.9. The Balaban J connectivity index is 3.05. The van der Waals surface area contributed by atoms with Gasteiger partial charge in [0.15, 0.2) is 0 Å². The Morgan fingerprint density at radius 2 is 1.80 bits per heavy atom. The summed E-state index contributed by atoms with van der Waals surface area (Å²) in [5, 5.41) is 12.9. The molecule has 1 saturated heterocycles. The van der Waals surface area contributed by atoms with Gasteiger partial charge in [-0.15, -0.1) is 0 Å². The highest BCUT2D eigenvalue weighted by Gasteiger charge is 2.49. The number of piperidine rings is 1. The minimum absolute atomic E-state index is 0.0156. The van der Waals surface area contributed by atoms with Crippen LogP contribution in [0.5, 0.6) is 0 Å². The fourth-order valence-electron chi connectivity index (χ4n) is 3.88. The van der Waals surface area contributed by atoms with E-state index >= 15 is 0 Å². The van der Waals surface area contributed by atoms with Gasteiger partial charge in [0.25, 0.3) is 0 Å². The van der Waals surface area contributed by atoms with E-state index in [0.29, 0.717) is 5.92 Å². The van der Waals surface area contributed by atoms with E-state index in [1.807, 2.05) is 0 Å². The molecule has 2 nitrogen and oxygen atoms in total. The van der Waals surface area contributed by atoms with Gasteiger partial charge in [-0.1, -0.05) is 20.8 Å². The van der Waals surface area contributed by atoms with E-state index in [1.165, 1.54) is 12.8 Å². The van der Waals surface area contributed by atoms with Gasteiger partial charge in [0, 0.05) is 18.8 Å². The summed E-state index contributed by atoms with van der Waals surface area (Å²) in [5.74, 6) is 0.638. The van der Waals surface area contributed by atoms with Crippen molar-refractivity contribution in [2.45, 2.75) is 65.3 Å². The Bertz CT molecular complexity index is 201. The van der Waals surface area contributed by atoms with Crippen LogP contribution >= 0.6 is 0 Å². The van der Waals surface area contributed by atoms with Gasteiger partial charge in [-0.3, -0.25) is 0 Å². The number of likely N-dealkylation sites (tertiary alicyclic amines) is 1. The molecule has 0 bridgehead atoms. The standard InChI is InChI=1S/C13H27NO/c1-5-12-10-9-11-14(15,8-4)13(12,6-2)7-3/h12H,5-11H2,1-4H3. The first-order chi connectivity index (χ1) is 7.10. The predicted molar refractivity (Wildman–Crippen MR) is 65.4 cm³/mol. The average Bonchev–Trinajstić information content (AvgIpc) is 2.28. The van der Waals surface area contributed by atoms with Gasteiger partial charge in [-0.05, 0) is 26.2 Å². The van der Waals surface area contributed by atoms with Crippen molar-refractivity contribution in [3.63, 3.8) is 0 Å². The molecule has 0 saturated carbocycles. The van der Waals surface area contributed by atoms with Crippen molar-refractivity contribution in [2.24, 2.45) is 5.92 Å². The molecule has 0 amide bonds. The van der Waals surface area contributed by atoms with Crippen molar-refractivity contribution in [1.29, 1.82) is 0 Å². The van der Waals surface area contributed by atoms with E-state index in [2.05, 4.69) is 27.7 Å². The second-order valence-corrected chi connectivity index (χ2v) is 4.99. The summed E-state index contributed by atoms with van der Waals surface area (Å²) in [4.78, 5) is 0. The molecule has 2 heteroatoms. The van der Waals surface area contributed by atoms with Crippen molar-refractivity contribution in [1.82, 2.24) is 0 Å². The monoisotopic (exact) mass is 213 g/mol. The third kappa shape index (κ3) is 1.83. The van der Waals surface area contributed by atoms with Gasteiger partial charge >= 0.3 is 0 Å². The number of rotatable bonds is 4. The van der Waals surface area contributed by atoms with Crippen molar-refractivity contribution >= 4 is 0 Å². The Kier molecular flexibility index (Phi) is 4.19. The molecule has 0 spiro atoms. The largest absolute Gasteiger partial charge is 0.632 e. The summed E-state index contributed by atoms with van der Waals surface area (Å²) in [6.45, 7) is 10.3. The Morgan fingerprint density at radius 1 is 1.20 bits per heavy atom. The maximum Gasteiger partial charge on any atom is 0.101 e. The third-order valence-electron chi connectivity index (χ3n) is 4.87. The summed E-state index contributed by atoms with van der Waals surface area (Å²) in [5.41, 5.74) is 0.0156. The molecular weight excluding hydrogens is 186 g/mol. The van der Waals surface area contributed by atoms with Gasteiger partial charge in [0.1, 0.15) is 5.54 Å². The lowest BCUT2D eigenvalue weighted by atomic mass is 9.71. The van der Waals surface area contributed by atoms with Crippen LogP contribution in [0.25, 0.3) is 0 Å². The van der Waals surface area contributed by atoms with Crippen LogP contribution < -0.4 is 0 Å². The third-order valence-corrected chi connectivity index (χ3v) is 4.87. The van der Waals surface area contributed by atoms with Gasteiger partial charge < -0.3 is 9.85 Å². The van der Waals surface area contributed by atoms with Crippen LogP contribution in [-0.2, 0) is 0 Å². The highest BCUT2D eigenvalue weighted by atomic mass is 16.6. The fraction of sp³-hybridized carbons (Fsp3) is 1.00. The van der Waals surface area contributed by atoms with Gasteiger partial charge in [0.2, 0.25) is 0 Å². The molecule has 0 aromatic carbocycles. The van der Waals surface area contributed by atoms with Gasteiger partial charge in [-0.25, -0.2) is 0 Å².